The number of hydrogen-bond donors (Lipinski definition) is 1. The number of nitrogens with one attached hydrogen (secondary N) is 1. The first-order valence-electron chi connectivity index (χ1n) is 8.46. The van der Waals surface area contributed by atoms with E-state index in [-0.39, 0.29) is 17.6 Å². The topological polar surface area (TPSA) is 71.8 Å². The van der Waals surface area contributed by atoms with E-state index in [9.17, 15) is 9.59 Å². The van der Waals surface area contributed by atoms with Crippen molar-refractivity contribution in [2.24, 2.45) is 0 Å². The zero-order chi connectivity index (χ0) is 18.4. The molecule has 1 aromatic carbocycles. The molecule has 2 aromatic rings. The lowest BCUT2D eigenvalue weighted by Gasteiger charge is -2.54. The number of likely N-dealkylation sites (tertiary alicyclic amines) is 1. The SMILES string of the molecule is COC1(C2(NC(=O)c3ccccc3)CN(C(=O)c3ccc(Br)o3)C2)CC1. The van der Waals surface area contributed by atoms with Crippen LogP contribution in [-0.4, -0.2) is 48.1 Å². The van der Waals surface area contributed by atoms with Crippen LogP contribution in [0.4, 0.5) is 0 Å². The molecule has 0 atom stereocenters. The van der Waals surface area contributed by atoms with E-state index in [4.69, 9.17) is 9.15 Å². The summed E-state index contributed by atoms with van der Waals surface area (Å²) < 4.78 is 11.6. The standard InChI is InChI=1S/C19H19BrN2O4/c1-25-19(9-10-19)18(21-16(23)13-5-3-2-4-6-13)11-22(12-18)17(24)14-7-8-15(20)26-14/h2-8H,9-12H2,1H3,(H,21,23). The number of nitrogens with zero attached hydrogens (tertiary/aromatic N) is 1. The first-order valence-corrected chi connectivity index (χ1v) is 9.25. The number of amides is 2. The summed E-state index contributed by atoms with van der Waals surface area (Å²) in [5.74, 6) is -0.0592. The van der Waals surface area contributed by atoms with Crippen molar-refractivity contribution < 1.29 is 18.7 Å². The van der Waals surface area contributed by atoms with Gasteiger partial charge in [-0.3, -0.25) is 9.59 Å². The van der Waals surface area contributed by atoms with Crippen LogP contribution in [0.3, 0.4) is 0 Å². The van der Waals surface area contributed by atoms with E-state index in [1.165, 1.54) is 0 Å². The molecule has 2 heterocycles. The van der Waals surface area contributed by atoms with Gasteiger partial charge in [0.15, 0.2) is 10.4 Å². The van der Waals surface area contributed by atoms with Gasteiger partial charge in [0.05, 0.1) is 5.60 Å². The molecule has 1 saturated heterocycles. The van der Waals surface area contributed by atoms with Gasteiger partial charge in [-0.2, -0.15) is 0 Å². The average Bonchev–Trinajstić information content (AvgIpc) is 3.32. The van der Waals surface area contributed by atoms with Crippen molar-refractivity contribution in [3.05, 3.63) is 58.5 Å². The van der Waals surface area contributed by atoms with Crippen molar-refractivity contribution in [3.63, 3.8) is 0 Å². The quantitative estimate of drug-likeness (QED) is 0.809. The Hall–Kier alpha value is -2.12. The zero-order valence-corrected chi connectivity index (χ0v) is 15.9. The number of carbonyl (C=O) groups is 2. The first kappa shape index (κ1) is 17.3. The second kappa shape index (κ2) is 6.25. The number of furan rings is 1. The summed E-state index contributed by atoms with van der Waals surface area (Å²) in [5, 5.41) is 3.14. The third-order valence-electron chi connectivity index (χ3n) is 5.35. The maximum Gasteiger partial charge on any atom is 0.289 e. The number of halogens is 1. The largest absolute Gasteiger partial charge is 0.444 e. The van der Waals surface area contributed by atoms with Gasteiger partial charge in [-0.25, -0.2) is 0 Å². The molecule has 1 aliphatic carbocycles. The number of methoxy groups -OCH3 is 1. The van der Waals surface area contributed by atoms with Crippen molar-refractivity contribution in [1.82, 2.24) is 10.2 Å². The van der Waals surface area contributed by atoms with Gasteiger partial charge in [0.2, 0.25) is 0 Å². The maximum absolute atomic E-state index is 12.7. The van der Waals surface area contributed by atoms with E-state index in [1.54, 1.807) is 36.3 Å². The molecule has 26 heavy (non-hydrogen) atoms. The number of hydrogen-bond acceptors (Lipinski definition) is 4. The predicted octanol–water partition coefficient (Wildman–Crippen LogP) is 2.85. The van der Waals surface area contributed by atoms with E-state index in [0.29, 0.717) is 23.3 Å². The highest BCUT2D eigenvalue weighted by Gasteiger charge is 2.66. The van der Waals surface area contributed by atoms with Crippen LogP contribution in [-0.2, 0) is 4.74 Å². The van der Waals surface area contributed by atoms with Crippen molar-refractivity contribution >= 4 is 27.7 Å². The second-order valence-electron chi connectivity index (χ2n) is 6.87. The molecule has 4 rings (SSSR count). The van der Waals surface area contributed by atoms with Gasteiger partial charge >= 0.3 is 0 Å². The van der Waals surface area contributed by atoms with Gasteiger partial charge in [-0.15, -0.1) is 0 Å². The molecule has 2 amide bonds. The molecule has 2 fully saturated rings. The lowest BCUT2D eigenvalue weighted by Crippen LogP contribution is -2.77. The number of benzene rings is 1. The van der Waals surface area contributed by atoms with E-state index in [0.717, 1.165) is 12.8 Å². The summed E-state index contributed by atoms with van der Waals surface area (Å²) in [6.07, 6.45) is 1.74. The third kappa shape index (κ3) is 2.75. The van der Waals surface area contributed by atoms with E-state index < -0.39 is 11.1 Å². The van der Waals surface area contributed by atoms with Gasteiger partial charge in [0.25, 0.3) is 11.8 Å². The van der Waals surface area contributed by atoms with E-state index in [2.05, 4.69) is 21.2 Å². The van der Waals surface area contributed by atoms with Gasteiger partial charge in [0.1, 0.15) is 5.54 Å². The molecular formula is C19H19BrN2O4. The molecular weight excluding hydrogens is 400 g/mol. The van der Waals surface area contributed by atoms with Gasteiger partial charge in [-0.1, -0.05) is 18.2 Å². The lowest BCUT2D eigenvalue weighted by atomic mass is 9.80. The van der Waals surface area contributed by atoms with Gasteiger partial charge in [-0.05, 0) is 53.0 Å². The molecule has 0 unspecified atom stereocenters. The van der Waals surface area contributed by atoms with Crippen molar-refractivity contribution in [2.75, 3.05) is 20.2 Å². The van der Waals surface area contributed by atoms with Crippen LogP contribution in [0.1, 0.15) is 33.8 Å². The Morgan fingerprint density at radius 2 is 1.85 bits per heavy atom. The molecule has 1 saturated carbocycles. The molecule has 136 valence electrons. The Kier molecular flexibility index (Phi) is 4.16. The molecule has 1 aliphatic heterocycles. The highest BCUT2D eigenvalue weighted by atomic mass is 79.9. The third-order valence-corrected chi connectivity index (χ3v) is 5.77. The van der Waals surface area contributed by atoms with E-state index >= 15 is 0 Å². The molecule has 0 radical (unpaired) electrons. The normalized spacial score (nSPS) is 19.5. The monoisotopic (exact) mass is 418 g/mol. The molecule has 0 bridgehead atoms. The number of rotatable bonds is 5. The second-order valence-corrected chi connectivity index (χ2v) is 7.65. The maximum atomic E-state index is 12.7. The van der Waals surface area contributed by atoms with Crippen LogP contribution in [0, 0.1) is 0 Å². The molecule has 2 aliphatic rings. The Morgan fingerprint density at radius 1 is 1.15 bits per heavy atom. The molecule has 1 N–H and O–H groups in total. The Labute approximate surface area is 159 Å². The fourth-order valence-electron chi connectivity index (χ4n) is 3.69. The Morgan fingerprint density at radius 3 is 2.38 bits per heavy atom. The van der Waals surface area contributed by atoms with Crippen LogP contribution < -0.4 is 5.32 Å². The fourth-order valence-corrected chi connectivity index (χ4v) is 3.99. The summed E-state index contributed by atoms with van der Waals surface area (Å²) >= 11 is 3.21. The average molecular weight is 419 g/mol. The molecule has 7 heteroatoms. The minimum Gasteiger partial charge on any atom is -0.444 e. The minimum absolute atomic E-state index is 0.151. The minimum atomic E-state index is -0.575. The predicted molar refractivity (Wildman–Crippen MR) is 97.9 cm³/mol. The Balaban J connectivity index is 1.52. The van der Waals surface area contributed by atoms with Crippen LogP contribution in [0.5, 0.6) is 0 Å². The highest BCUT2D eigenvalue weighted by molar-refractivity contribution is 9.10. The lowest BCUT2D eigenvalue weighted by molar-refractivity contribution is -0.0715. The summed E-state index contributed by atoms with van der Waals surface area (Å²) in [6, 6.07) is 12.4. The molecule has 6 nitrogen and oxygen atoms in total. The highest BCUT2D eigenvalue weighted by Crippen LogP contribution is 2.52. The fraction of sp³-hybridized carbons (Fsp3) is 0.368. The van der Waals surface area contributed by atoms with Crippen LogP contribution >= 0.6 is 15.9 Å². The zero-order valence-electron chi connectivity index (χ0n) is 14.3. The summed E-state index contributed by atoms with van der Waals surface area (Å²) in [4.78, 5) is 27.0. The summed E-state index contributed by atoms with van der Waals surface area (Å²) in [6.45, 7) is 0.799. The van der Waals surface area contributed by atoms with Gasteiger partial charge in [0, 0.05) is 25.8 Å². The molecule has 0 spiro atoms. The Bertz CT molecular complexity index is 838. The number of ether oxygens (including phenoxy) is 1. The number of carbonyl (C=O) groups excluding carboxylic acids is 2. The van der Waals surface area contributed by atoms with Gasteiger partial charge < -0.3 is 19.4 Å². The van der Waals surface area contributed by atoms with Crippen molar-refractivity contribution in [2.45, 2.75) is 24.0 Å². The summed E-state index contributed by atoms with van der Waals surface area (Å²) in [5.41, 5.74) is -0.384. The van der Waals surface area contributed by atoms with Crippen LogP contribution in [0.25, 0.3) is 0 Å². The summed E-state index contributed by atoms with van der Waals surface area (Å²) in [7, 11) is 1.66. The molecule has 1 aromatic heterocycles. The van der Waals surface area contributed by atoms with Crippen molar-refractivity contribution in [3.8, 4) is 0 Å². The van der Waals surface area contributed by atoms with Crippen LogP contribution in [0.2, 0.25) is 0 Å². The van der Waals surface area contributed by atoms with Crippen molar-refractivity contribution in [1.29, 1.82) is 0 Å². The first-order chi connectivity index (χ1) is 12.5. The van der Waals surface area contributed by atoms with Crippen LogP contribution in [0.15, 0.2) is 51.6 Å². The smallest absolute Gasteiger partial charge is 0.289 e. The van der Waals surface area contributed by atoms with E-state index in [1.807, 2.05) is 18.2 Å².